The number of rotatable bonds is 8. The SMILES string of the molecule is COc1ccc(OC)c(S(=O)(=O)N(C)CC(=O)NN=Cc2ccccc2)c1. The van der Waals surface area contributed by atoms with Gasteiger partial charge in [0.2, 0.25) is 10.0 Å². The lowest BCUT2D eigenvalue weighted by Gasteiger charge is -2.18. The number of likely N-dealkylation sites (N-methyl/N-ethyl adjacent to an activating group) is 1. The zero-order chi connectivity index (χ0) is 19.9. The fraction of sp³-hybridized carbons (Fsp3) is 0.222. The maximum Gasteiger partial charge on any atom is 0.255 e. The van der Waals surface area contributed by atoms with Gasteiger partial charge >= 0.3 is 0 Å². The number of hydrazone groups is 1. The van der Waals surface area contributed by atoms with E-state index in [1.807, 2.05) is 30.3 Å². The van der Waals surface area contributed by atoms with Crippen LogP contribution in [0.5, 0.6) is 11.5 Å². The monoisotopic (exact) mass is 391 g/mol. The number of amides is 1. The summed E-state index contributed by atoms with van der Waals surface area (Å²) in [4.78, 5) is 11.9. The normalized spacial score (nSPS) is 11.6. The summed E-state index contributed by atoms with van der Waals surface area (Å²) in [5.74, 6) is -0.0556. The minimum Gasteiger partial charge on any atom is -0.497 e. The molecule has 0 spiro atoms. The number of benzene rings is 2. The molecule has 0 fully saturated rings. The topological polar surface area (TPSA) is 97.3 Å². The Kier molecular flexibility index (Phi) is 6.91. The lowest BCUT2D eigenvalue weighted by molar-refractivity contribution is -0.121. The van der Waals surface area contributed by atoms with Crippen molar-refractivity contribution >= 4 is 22.1 Å². The molecule has 0 radical (unpaired) electrons. The van der Waals surface area contributed by atoms with Crippen molar-refractivity contribution in [1.82, 2.24) is 9.73 Å². The Morgan fingerprint density at radius 3 is 2.48 bits per heavy atom. The molecule has 0 aliphatic rings. The highest BCUT2D eigenvalue weighted by atomic mass is 32.2. The van der Waals surface area contributed by atoms with Crippen molar-refractivity contribution in [1.29, 1.82) is 0 Å². The second-order valence-electron chi connectivity index (χ2n) is 5.48. The van der Waals surface area contributed by atoms with Crippen LogP contribution in [0.25, 0.3) is 0 Å². The molecule has 1 amide bonds. The molecule has 0 unspecified atom stereocenters. The Hall–Kier alpha value is -2.91. The van der Waals surface area contributed by atoms with Crippen LogP contribution in [0.4, 0.5) is 0 Å². The van der Waals surface area contributed by atoms with E-state index in [9.17, 15) is 13.2 Å². The summed E-state index contributed by atoms with van der Waals surface area (Å²) in [5, 5.41) is 3.82. The van der Waals surface area contributed by atoms with Gasteiger partial charge in [0.15, 0.2) is 0 Å². The number of nitrogens with zero attached hydrogens (tertiary/aromatic N) is 2. The van der Waals surface area contributed by atoms with Gasteiger partial charge in [0.25, 0.3) is 5.91 Å². The van der Waals surface area contributed by atoms with Crippen LogP contribution in [0.3, 0.4) is 0 Å². The molecule has 2 aromatic carbocycles. The second kappa shape index (κ2) is 9.15. The smallest absolute Gasteiger partial charge is 0.255 e. The number of hydrogen-bond acceptors (Lipinski definition) is 6. The molecule has 9 heteroatoms. The molecule has 2 aromatic rings. The largest absolute Gasteiger partial charge is 0.497 e. The molecule has 1 N–H and O–H groups in total. The van der Waals surface area contributed by atoms with Gasteiger partial charge in [0.1, 0.15) is 16.4 Å². The van der Waals surface area contributed by atoms with E-state index in [1.54, 1.807) is 6.07 Å². The van der Waals surface area contributed by atoms with Crippen LogP contribution in [0.2, 0.25) is 0 Å². The summed E-state index contributed by atoms with van der Waals surface area (Å²) in [6, 6.07) is 13.6. The summed E-state index contributed by atoms with van der Waals surface area (Å²) >= 11 is 0. The van der Waals surface area contributed by atoms with Crippen molar-refractivity contribution in [3.8, 4) is 11.5 Å². The average Bonchev–Trinajstić information content (AvgIpc) is 2.68. The lowest BCUT2D eigenvalue weighted by Crippen LogP contribution is -2.36. The summed E-state index contributed by atoms with van der Waals surface area (Å²) in [5.41, 5.74) is 3.11. The van der Waals surface area contributed by atoms with E-state index in [-0.39, 0.29) is 10.6 Å². The maximum absolute atomic E-state index is 12.8. The Morgan fingerprint density at radius 1 is 1.15 bits per heavy atom. The molecule has 0 atom stereocenters. The van der Waals surface area contributed by atoms with Gasteiger partial charge < -0.3 is 9.47 Å². The van der Waals surface area contributed by atoms with Crippen molar-refractivity contribution in [3.05, 3.63) is 54.1 Å². The van der Waals surface area contributed by atoms with Crippen molar-refractivity contribution in [3.63, 3.8) is 0 Å². The predicted molar refractivity (Wildman–Crippen MR) is 102 cm³/mol. The highest BCUT2D eigenvalue weighted by Gasteiger charge is 2.27. The maximum atomic E-state index is 12.8. The summed E-state index contributed by atoms with van der Waals surface area (Å²) in [6.07, 6.45) is 1.47. The first-order chi connectivity index (χ1) is 12.9. The van der Waals surface area contributed by atoms with E-state index in [0.717, 1.165) is 9.87 Å². The van der Waals surface area contributed by atoms with E-state index in [2.05, 4.69) is 10.5 Å². The van der Waals surface area contributed by atoms with Crippen molar-refractivity contribution in [2.24, 2.45) is 5.10 Å². The Balaban J connectivity index is 2.08. The molecule has 0 heterocycles. The van der Waals surface area contributed by atoms with E-state index < -0.39 is 22.5 Å². The number of nitrogens with one attached hydrogen (secondary N) is 1. The standard InChI is InChI=1S/C18H21N3O5S/c1-21(13-18(22)20-19-12-14-7-5-4-6-8-14)27(23,24)17-11-15(25-2)9-10-16(17)26-3/h4-12H,13H2,1-3H3,(H,20,22). The molecular formula is C18H21N3O5S. The summed E-state index contributed by atoms with van der Waals surface area (Å²) in [7, 11) is 0.127. The predicted octanol–water partition coefficient (Wildman–Crippen LogP) is 1.47. The van der Waals surface area contributed by atoms with Gasteiger partial charge in [-0.05, 0) is 17.7 Å². The third-order valence-electron chi connectivity index (χ3n) is 3.63. The van der Waals surface area contributed by atoms with Gasteiger partial charge in [-0.3, -0.25) is 4.79 Å². The molecular weight excluding hydrogens is 370 g/mol. The zero-order valence-corrected chi connectivity index (χ0v) is 16.1. The van der Waals surface area contributed by atoms with Crippen LogP contribution in [-0.2, 0) is 14.8 Å². The van der Waals surface area contributed by atoms with Gasteiger partial charge in [0, 0.05) is 13.1 Å². The first-order valence-corrected chi connectivity index (χ1v) is 9.38. The first-order valence-electron chi connectivity index (χ1n) is 7.94. The minimum absolute atomic E-state index is 0.0903. The van der Waals surface area contributed by atoms with E-state index in [0.29, 0.717) is 5.75 Å². The second-order valence-corrected chi connectivity index (χ2v) is 7.50. The Bertz CT molecular complexity index is 914. The molecule has 0 aliphatic carbocycles. The number of ether oxygens (including phenoxy) is 2. The van der Waals surface area contributed by atoms with E-state index in [1.165, 1.54) is 39.6 Å². The Morgan fingerprint density at radius 2 is 1.85 bits per heavy atom. The summed E-state index contributed by atoms with van der Waals surface area (Å²) < 4.78 is 36.7. The van der Waals surface area contributed by atoms with Gasteiger partial charge in [-0.25, -0.2) is 13.8 Å². The molecule has 0 aromatic heterocycles. The zero-order valence-electron chi connectivity index (χ0n) is 15.2. The number of sulfonamides is 1. The van der Waals surface area contributed by atoms with Crippen LogP contribution in [0.1, 0.15) is 5.56 Å². The summed E-state index contributed by atoms with van der Waals surface area (Å²) in [6.45, 7) is -0.408. The van der Waals surface area contributed by atoms with Crippen LogP contribution < -0.4 is 14.9 Å². The van der Waals surface area contributed by atoms with Crippen LogP contribution in [-0.4, -0.2) is 52.7 Å². The van der Waals surface area contributed by atoms with Gasteiger partial charge in [-0.2, -0.15) is 9.41 Å². The third kappa shape index (κ3) is 5.28. The van der Waals surface area contributed by atoms with Crippen LogP contribution in [0.15, 0.2) is 58.5 Å². The lowest BCUT2D eigenvalue weighted by atomic mass is 10.2. The highest BCUT2D eigenvalue weighted by molar-refractivity contribution is 7.89. The van der Waals surface area contributed by atoms with Crippen molar-refractivity contribution in [2.75, 3.05) is 27.8 Å². The van der Waals surface area contributed by atoms with Gasteiger partial charge in [0.05, 0.1) is 27.0 Å². The quantitative estimate of drug-likeness (QED) is 0.543. The first kappa shape index (κ1) is 20.4. The molecule has 0 saturated carbocycles. The number of hydrogen-bond donors (Lipinski definition) is 1. The van der Waals surface area contributed by atoms with Gasteiger partial charge in [-0.1, -0.05) is 30.3 Å². The van der Waals surface area contributed by atoms with Crippen LogP contribution >= 0.6 is 0 Å². The fourth-order valence-corrected chi connectivity index (χ4v) is 3.49. The number of methoxy groups -OCH3 is 2. The molecule has 0 aliphatic heterocycles. The average molecular weight is 391 g/mol. The third-order valence-corrected chi connectivity index (χ3v) is 5.45. The van der Waals surface area contributed by atoms with Crippen LogP contribution in [0, 0.1) is 0 Å². The molecule has 27 heavy (non-hydrogen) atoms. The molecule has 0 saturated heterocycles. The van der Waals surface area contributed by atoms with Gasteiger partial charge in [-0.15, -0.1) is 0 Å². The van der Waals surface area contributed by atoms with E-state index >= 15 is 0 Å². The fourth-order valence-electron chi connectivity index (χ4n) is 2.19. The highest BCUT2D eigenvalue weighted by Crippen LogP contribution is 2.29. The van der Waals surface area contributed by atoms with E-state index in [4.69, 9.17) is 9.47 Å². The molecule has 2 rings (SSSR count). The van der Waals surface area contributed by atoms with Crippen molar-refractivity contribution < 1.29 is 22.7 Å². The van der Waals surface area contributed by atoms with Crippen molar-refractivity contribution in [2.45, 2.75) is 4.90 Å². The number of carbonyl (C=O) groups excluding carboxylic acids is 1. The Labute approximate surface area is 158 Å². The molecule has 0 bridgehead atoms. The minimum atomic E-state index is -3.97. The molecule has 8 nitrogen and oxygen atoms in total. The number of carbonyl (C=O) groups is 1. The molecule has 144 valence electrons.